The molecule has 2 aliphatic heterocycles. The first-order valence-electron chi connectivity index (χ1n) is 15.9. The maximum Gasteiger partial charge on any atom is 0.261 e. The van der Waals surface area contributed by atoms with Crippen molar-refractivity contribution in [3.05, 3.63) is 70.0 Å². The van der Waals surface area contributed by atoms with Gasteiger partial charge in [0.1, 0.15) is 11.5 Å². The molecular weight excluding hydrogens is 536 g/mol. The molecule has 43 heavy (non-hydrogen) atoms. The molecule has 1 aromatic carbocycles. The van der Waals surface area contributed by atoms with Gasteiger partial charge < -0.3 is 10.2 Å². The topological polar surface area (TPSA) is 92.1 Å². The molecule has 2 atom stereocenters. The van der Waals surface area contributed by atoms with Crippen LogP contribution in [0.5, 0.6) is 0 Å². The normalized spacial score (nSPS) is 21.7. The number of aromatic nitrogens is 5. The highest BCUT2D eigenvalue weighted by molar-refractivity contribution is 5.81. The number of nitrogens with one attached hydrogen (secondary N) is 1. The molecule has 1 saturated carbocycles. The van der Waals surface area contributed by atoms with Gasteiger partial charge in [0, 0.05) is 36.1 Å². The lowest BCUT2D eigenvalue weighted by molar-refractivity contribution is 0.305. The van der Waals surface area contributed by atoms with Crippen molar-refractivity contribution >= 4 is 22.7 Å². The van der Waals surface area contributed by atoms with Crippen LogP contribution in [-0.2, 0) is 6.42 Å². The molecule has 3 aromatic heterocycles. The molecule has 0 bridgehead atoms. The van der Waals surface area contributed by atoms with Crippen molar-refractivity contribution in [3.8, 4) is 11.3 Å². The van der Waals surface area contributed by atoms with E-state index in [0.717, 1.165) is 85.6 Å². The summed E-state index contributed by atoms with van der Waals surface area (Å²) in [6.45, 7) is 5.39. The predicted octanol–water partition coefficient (Wildman–Crippen LogP) is 5.68. The first-order valence-corrected chi connectivity index (χ1v) is 15.9. The summed E-state index contributed by atoms with van der Waals surface area (Å²) in [6, 6.07) is 10.8. The molecule has 3 fully saturated rings. The van der Waals surface area contributed by atoms with E-state index in [1.807, 2.05) is 30.0 Å². The fourth-order valence-electron chi connectivity index (χ4n) is 7.36. The van der Waals surface area contributed by atoms with Crippen molar-refractivity contribution in [2.24, 2.45) is 5.92 Å². The lowest BCUT2D eigenvalue weighted by atomic mass is 9.98. The minimum Gasteiger partial charge on any atom is -0.324 e. The highest BCUT2D eigenvalue weighted by Gasteiger charge is 2.28. The quantitative estimate of drug-likeness (QED) is 0.300. The summed E-state index contributed by atoms with van der Waals surface area (Å²) in [6.07, 6.45) is 12.4. The van der Waals surface area contributed by atoms with E-state index in [1.165, 1.54) is 25.1 Å². The van der Waals surface area contributed by atoms with Gasteiger partial charge in [-0.25, -0.2) is 15.0 Å². The zero-order valence-electron chi connectivity index (χ0n) is 25.6. The highest BCUT2D eigenvalue weighted by Crippen LogP contribution is 2.34. The standard InChI is InChI=1S/C34H42N8O/c1-22-19-35-31(29-9-6-15-41(29)3)38-30(22)28-18-25-20-36-34(39-32(25)42(33(28)43)27-7-4-5-8-27)37-26-12-10-23(11-13-26)17-24-14-16-40(2)21-24/h10-13,18-20,24,27,29H,4-9,14-17,21H2,1-3H3,(H,36,37,39). The summed E-state index contributed by atoms with van der Waals surface area (Å²) in [7, 11) is 4.32. The number of nitrogens with zero attached hydrogens (tertiary/aromatic N) is 7. The smallest absolute Gasteiger partial charge is 0.261 e. The van der Waals surface area contributed by atoms with E-state index < -0.39 is 0 Å². The Morgan fingerprint density at radius 3 is 2.47 bits per heavy atom. The van der Waals surface area contributed by atoms with Gasteiger partial charge in [0.2, 0.25) is 5.95 Å². The van der Waals surface area contributed by atoms with Gasteiger partial charge in [-0.05, 0) is 108 Å². The minimum absolute atomic E-state index is 0.0292. The maximum absolute atomic E-state index is 14.3. The largest absolute Gasteiger partial charge is 0.324 e. The monoisotopic (exact) mass is 578 g/mol. The van der Waals surface area contributed by atoms with Crippen LogP contribution in [0.25, 0.3) is 22.3 Å². The summed E-state index contributed by atoms with van der Waals surface area (Å²) >= 11 is 0. The lowest BCUT2D eigenvalue weighted by Gasteiger charge is -2.20. The zero-order valence-corrected chi connectivity index (χ0v) is 25.6. The van der Waals surface area contributed by atoms with Crippen LogP contribution in [0.15, 0.2) is 47.5 Å². The molecule has 3 aliphatic rings. The average Bonchev–Trinajstić information content (AvgIpc) is 3.78. The summed E-state index contributed by atoms with van der Waals surface area (Å²) < 4.78 is 1.93. The third-order valence-corrected chi connectivity index (χ3v) is 9.75. The molecule has 0 spiro atoms. The van der Waals surface area contributed by atoms with Crippen LogP contribution in [-0.4, -0.2) is 68.0 Å². The second-order valence-electron chi connectivity index (χ2n) is 13.0. The predicted molar refractivity (Wildman–Crippen MR) is 171 cm³/mol. The lowest BCUT2D eigenvalue weighted by Crippen LogP contribution is -2.27. The van der Waals surface area contributed by atoms with Crippen molar-refractivity contribution in [3.63, 3.8) is 0 Å². The van der Waals surface area contributed by atoms with Crippen LogP contribution in [0.1, 0.15) is 74.0 Å². The third kappa shape index (κ3) is 5.68. The molecule has 224 valence electrons. The van der Waals surface area contributed by atoms with Gasteiger partial charge in [-0.2, -0.15) is 4.98 Å². The van der Waals surface area contributed by atoms with Crippen molar-refractivity contribution < 1.29 is 0 Å². The van der Waals surface area contributed by atoms with Gasteiger partial charge in [0.15, 0.2) is 0 Å². The molecule has 2 unspecified atom stereocenters. The van der Waals surface area contributed by atoms with Gasteiger partial charge in [-0.3, -0.25) is 14.3 Å². The first-order chi connectivity index (χ1) is 20.9. The van der Waals surface area contributed by atoms with Gasteiger partial charge in [0.25, 0.3) is 5.56 Å². The molecule has 2 saturated heterocycles. The maximum atomic E-state index is 14.3. The number of likely N-dealkylation sites (tertiary alicyclic amines) is 2. The van der Waals surface area contributed by atoms with E-state index >= 15 is 0 Å². The fraction of sp³-hybridized carbons (Fsp3) is 0.500. The molecule has 1 N–H and O–H groups in total. The number of rotatable bonds is 7. The number of pyridine rings is 1. The van der Waals surface area contributed by atoms with Crippen LogP contribution in [0, 0.1) is 12.8 Å². The Hall–Kier alpha value is -3.69. The third-order valence-electron chi connectivity index (χ3n) is 9.75. The van der Waals surface area contributed by atoms with Gasteiger partial charge >= 0.3 is 0 Å². The van der Waals surface area contributed by atoms with Crippen LogP contribution >= 0.6 is 0 Å². The summed E-state index contributed by atoms with van der Waals surface area (Å²) in [5.74, 6) is 2.03. The Kier molecular flexibility index (Phi) is 7.69. The van der Waals surface area contributed by atoms with Crippen molar-refractivity contribution in [2.45, 2.75) is 70.4 Å². The van der Waals surface area contributed by atoms with E-state index in [0.29, 0.717) is 17.2 Å². The number of aryl methyl sites for hydroxylation is 1. The number of hydrogen-bond donors (Lipinski definition) is 1. The number of fused-ring (bicyclic) bond motifs is 1. The molecule has 0 amide bonds. The van der Waals surface area contributed by atoms with Crippen LogP contribution in [0.2, 0.25) is 0 Å². The highest BCUT2D eigenvalue weighted by atomic mass is 16.1. The second kappa shape index (κ2) is 11.8. The molecule has 9 heteroatoms. The number of anilines is 2. The Labute approximate surface area is 253 Å². The fourth-order valence-corrected chi connectivity index (χ4v) is 7.36. The molecule has 7 rings (SSSR count). The zero-order chi connectivity index (χ0) is 29.5. The van der Waals surface area contributed by atoms with Gasteiger partial charge in [0.05, 0.1) is 17.3 Å². The molecule has 0 radical (unpaired) electrons. The Morgan fingerprint density at radius 2 is 1.74 bits per heavy atom. The summed E-state index contributed by atoms with van der Waals surface area (Å²) in [5.41, 5.74) is 5.18. The number of benzene rings is 1. The SMILES string of the molecule is Cc1cnc(C2CCCN2C)nc1-c1cc2cnc(Nc3ccc(CC4CCN(C)C4)cc3)nc2n(C2CCCC2)c1=O. The first kappa shape index (κ1) is 28.1. The Morgan fingerprint density at radius 1 is 0.930 bits per heavy atom. The Balaban J connectivity index is 1.22. The van der Waals surface area contributed by atoms with E-state index in [2.05, 4.69) is 63.4 Å². The van der Waals surface area contributed by atoms with E-state index in [-0.39, 0.29) is 17.6 Å². The molecular formula is C34H42N8O. The van der Waals surface area contributed by atoms with Crippen molar-refractivity contribution in [2.75, 3.05) is 39.0 Å². The average molecular weight is 579 g/mol. The minimum atomic E-state index is -0.0292. The van der Waals surface area contributed by atoms with Gasteiger partial charge in [-0.15, -0.1) is 0 Å². The van der Waals surface area contributed by atoms with Crippen molar-refractivity contribution in [1.29, 1.82) is 0 Å². The molecule has 5 heterocycles. The van der Waals surface area contributed by atoms with Crippen LogP contribution < -0.4 is 10.9 Å². The van der Waals surface area contributed by atoms with E-state index in [4.69, 9.17) is 9.97 Å². The second-order valence-corrected chi connectivity index (χ2v) is 13.0. The molecule has 9 nitrogen and oxygen atoms in total. The molecule has 4 aromatic rings. The van der Waals surface area contributed by atoms with Crippen LogP contribution in [0.3, 0.4) is 0 Å². The van der Waals surface area contributed by atoms with E-state index in [9.17, 15) is 4.79 Å². The van der Waals surface area contributed by atoms with Crippen LogP contribution in [0.4, 0.5) is 11.6 Å². The van der Waals surface area contributed by atoms with Crippen molar-refractivity contribution in [1.82, 2.24) is 34.3 Å². The number of hydrogen-bond acceptors (Lipinski definition) is 8. The Bertz CT molecular complexity index is 1680. The molecule has 1 aliphatic carbocycles. The summed E-state index contributed by atoms with van der Waals surface area (Å²) in [4.78, 5) is 38.3. The van der Waals surface area contributed by atoms with Gasteiger partial charge in [-0.1, -0.05) is 25.0 Å². The summed E-state index contributed by atoms with van der Waals surface area (Å²) in [5, 5.41) is 4.24. The van der Waals surface area contributed by atoms with E-state index in [1.54, 1.807) is 0 Å².